The summed E-state index contributed by atoms with van der Waals surface area (Å²) in [4.78, 5) is 3.52. The maximum absolute atomic E-state index is 6.25. The molecule has 1 aliphatic rings. The molecule has 0 saturated heterocycles. The molecule has 1 aromatic carbocycles. The van der Waals surface area contributed by atoms with Gasteiger partial charge in [-0.05, 0) is 37.4 Å². The number of aryl methyl sites for hydroxylation is 1. The Balaban J connectivity index is 2.18. The maximum atomic E-state index is 6.25. The van der Waals surface area contributed by atoms with Gasteiger partial charge in [0.1, 0.15) is 0 Å². The molecular formula is C14H17ClN2. The summed E-state index contributed by atoms with van der Waals surface area (Å²) in [7, 11) is 0. The number of para-hydroxylation sites is 1. The van der Waals surface area contributed by atoms with Crippen molar-refractivity contribution < 1.29 is 0 Å². The molecule has 2 N–H and O–H groups in total. The highest BCUT2D eigenvalue weighted by atomic mass is 35.5. The van der Waals surface area contributed by atoms with Gasteiger partial charge in [-0.15, -0.1) is 0 Å². The van der Waals surface area contributed by atoms with Crippen LogP contribution in [0, 0.1) is 0 Å². The van der Waals surface area contributed by atoms with Crippen LogP contribution in [-0.2, 0) is 6.42 Å². The summed E-state index contributed by atoms with van der Waals surface area (Å²) < 4.78 is 0. The van der Waals surface area contributed by atoms with Crippen molar-refractivity contribution in [2.45, 2.75) is 32.2 Å². The minimum absolute atomic E-state index is 0.465. The van der Waals surface area contributed by atoms with Crippen LogP contribution in [0.4, 0.5) is 0 Å². The topological polar surface area (TPSA) is 27.8 Å². The summed E-state index contributed by atoms with van der Waals surface area (Å²) in [5.74, 6) is 0. The number of hydrogen-bond acceptors (Lipinski definition) is 1. The zero-order valence-corrected chi connectivity index (χ0v) is 10.8. The fourth-order valence-electron chi connectivity index (χ4n) is 2.90. The van der Waals surface area contributed by atoms with Gasteiger partial charge < -0.3 is 10.3 Å². The van der Waals surface area contributed by atoms with Gasteiger partial charge in [0.25, 0.3) is 0 Å². The Morgan fingerprint density at radius 2 is 2.35 bits per heavy atom. The highest BCUT2D eigenvalue weighted by molar-refractivity contribution is 6.35. The van der Waals surface area contributed by atoms with Crippen molar-refractivity contribution >= 4 is 22.5 Å². The molecule has 1 atom stereocenters. The van der Waals surface area contributed by atoms with Gasteiger partial charge in [-0.1, -0.05) is 30.7 Å². The molecule has 1 unspecified atom stereocenters. The third-order valence-electron chi connectivity index (χ3n) is 3.64. The van der Waals surface area contributed by atoms with Crippen molar-refractivity contribution in [1.29, 1.82) is 0 Å². The number of aromatic nitrogens is 1. The van der Waals surface area contributed by atoms with Gasteiger partial charge in [0.15, 0.2) is 0 Å². The van der Waals surface area contributed by atoms with Crippen molar-refractivity contribution in [3.05, 3.63) is 34.5 Å². The van der Waals surface area contributed by atoms with Crippen LogP contribution in [0.5, 0.6) is 0 Å². The Morgan fingerprint density at radius 3 is 3.18 bits per heavy atom. The first kappa shape index (κ1) is 11.1. The lowest BCUT2D eigenvalue weighted by atomic mass is 9.92. The summed E-state index contributed by atoms with van der Waals surface area (Å²) >= 11 is 6.25. The highest BCUT2D eigenvalue weighted by Crippen LogP contribution is 2.36. The van der Waals surface area contributed by atoms with Crippen LogP contribution in [0.25, 0.3) is 10.9 Å². The normalized spacial score (nSPS) is 19.5. The molecule has 1 aromatic heterocycles. The number of fused-ring (bicyclic) bond motifs is 3. The Kier molecular flexibility index (Phi) is 2.85. The van der Waals surface area contributed by atoms with Crippen LogP contribution in [-0.4, -0.2) is 11.5 Å². The molecule has 90 valence electrons. The molecule has 3 rings (SSSR count). The second-order valence-corrected chi connectivity index (χ2v) is 5.09. The van der Waals surface area contributed by atoms with Gasteiger partial charge in [-0.3, -0.25) is 0 Å². The minimum Gasteiger partial charge on any atom is -0.356 e. The first-order valence-electron chi connectivity index (χ1n) is 6.33. The Hall–Kier alpha value is -0.990. The first-order chi connectivity index (χ1) is 8.31. The summed E-state index contributed by atoms with van der Waals surface area (Å²) in [5.41, 5.74) is 3.91. The van der Waals surface area contributed by atoms with E-state index >= 15 is 0 Å². The molecule has 2 nitrogen and oxygen atoms in total. The average molecular weight is 249 g/mol. The largest absolute Gasteiger partial charge is 0.356 e. The van der Waals surface area contributed by atoms with Gasteiger partial charge in [0.05, 0.1) is 10.5 Å². The zero-order chi connectivity index (χ0) is 11.8. The van der Waals surface area contributed by atoms with E-state index in [1.165, 1.54) is 29.5 Å². The number of aromatic amines is 1. The summed E-state index contributed by atoms with van der Waals surface area (Å²) in [6.07, 6.45) is 3.63. The lowest BCUT2D eigenvalue weighted by molar-refractivity contribution is 0.465. The summed E-state index contributed by atoms with van der Waals surface area (Å²) in [5, 5.41) is 5.67. The molecule has 0 amide bonds. The maximum Gasteiger partial charge on any atom is 0.0648 e. The van der Waals surface area contributed by atoms with Gasteiger partial charge in [0.2, 0.25) is 0 Å². The van der Waals surface area contributed by atoms with Crippen LogP contribution >= 0.6 is 11.6 Å². The van der Waals surface area contributed by atoms with Crippen molar-refractivity contribution in [3.8, 4) is 0 Å². The standard InChI is InChI=1S/C14H17ClN2/c1-2-16-12-8-4-6-10-9-5-3-7-11(15)13(9)17-14(10)12/h3,5,7,12,16-17H,2,4,6,8H2,1H3. The first-order valence-corrected chi connectivity index (χ1v) is 6.71. The van der Waals surface area contributed by atoms with Gasteiger partial charge in [0, 0.05) is 17.1 Å². The molecule has 2 aromatic rings. The van der Waals surface area contributed by atoms with E-state index in [4.69, 9.17) is 11.6 Å². The monoisotopic (exact) mass is 248 g/mol. The van der Waals surface area contributed by atoms with E-state index in [0.29, 0.717) is 6.04 Å². The van der Waals surface area contributed by atoms with E-state index in [1.54, 1.807) is 0 Å². The van der Waals surface area contributed by atoms with Crippen LogP contribution in [0.15, 0.2) is 18.2 Å². The predicted octanol–water partition coefficient (Wildman–Crippen LogP) is 3.81. The average Bonchev–Trinajstić information content (AvgIpc) is 2.71. The molecular weight excluding hydrogens is 232 g/mol. The lowest BCUT2D eigenvalue weighted by Gasteiger charge is -2.23. The number of benzene rings is 1. The van der Waals surface area contributed by atoms with Crippen molar-refractivity contribution in [2.24, 2.45) is 0 Å². The third-order valence-corrected chi connectivity index (χ3v) is 3.96. The minimum atomic E-state index is 0.465. The fourth-order valence-corrected chi connectivity index (χ4v) is 3.12. The molecule has 0 fully saturated rings. The predicted molar refractivity (Wildman–Crippen MR) is 72.7 cm³/mol. The van der Waals surface area contributed by atoms with Crippen LogP contribution < -0.4 is 5.32 Å². The highest BCUT2D eigenvalue weighted by Gasteiger charge is 2.23. The molecule has 0 spiro atoms. The second-order valence-electron chi connectivity index (χ2n) is 4.68. The molecule has 1 heterocycles. The SMILES string of the molecule is CCNC1CCCc2c1[nH]c1c(Cl)cccc21. The number of H-pyrrole nitrogens is 1. The van der Waals surface area contributed by atoms with Crippen LogP contribution in [0.1, 0.15) is 37.1 Å². The molecule has 17 heavy (non-hydrogen) atoms. The molecule has 0 radical (unpaired) electrons. The van der Waals surface area contributed by atoms with E-state index in [-0.39, 0.29) is 0 Å². The van der Waals surface area contributed by atoms with Gasteiger partial charge >= 0.3 is 0 Å². The molecule has 0 saturated carbocycles. The van der Waals surface area contributed by atoms with E-state index in [0.717, 1.165) is 23.5 Å². The Labute approximate surface area is 106 Å². The molecule has 0 bridgehead atoms. The van der Waals surface area contributed by atoms with Crippen molar-refractivity contribution in [3.63, 3.8) is 0 Å². The Bertz CT molecular complexity index is 544. The number of nitrogens with one attached hydrogen (secondary N) is 2. The molecule has 1 aliphatic carbocycles. The van der Waals surface area contributed by atoms with E-state index in [1.807, 2.05) is 12.1 Å². The van der Waals surface area contributed by atoms with Crippen molar-refractivity contribution in [2.75, 3.05) is 6.54 Å². The van der Waals surface area contributed by atoms with Gasteiger partial charge in [-0.2, -0.15) is 0 Å². The quantitative estimate of drug-likeness (QED) is 0.831. The summed E-state index contributed by atoms with van der Waals surface area (Å²) in [6, 6.07) is 6.63. The van der Waals surface area contributed by atoms with Crippen LogP contribution in [0.3, 0.4) is 0 Å². The zero-order valence-electron chi connectivity index (χ0n) is 10.0. The lowest BCUT2D eigenvalue weighted by Crippen LogP contribution is -2.24. The molecule has 3 heteroatoms. The Morgan fingerprint density at radius 1 is 1.47 bits per heavy atom. The fraction of sp³-hybridized carbons (Fsp3) is 0.429. The van der Waals surface area contributed by atoms with E-state index < -0.39 is 0 Å². The van der Waals surface area contributed by atoms with Gasteiger partial charge in [-0.25, -0.2) is 0 Å². The smallest absolute Gasteiger partial charge is 0.0648 e. The number of halogens is 1. The van der Waals surface area contributed by atoms with E-state index in [2.05, 4.69) is 23.3 Å². The van der Waals surface area contributed by atoms with Crippen LogP contribution in [0.2, 0.25) is 5.02 Å². The van der Waals surface area contributed by atoms with Crippen molar-refractivity contribution in [1.82, 2.24) is 10.3 Å². The number of hydrogen-bond donors (Lipinski definition) is 2. The van der Waals surface area contributed by atoms with E-state index in [9.17, 15) is 0 Å². The second kappa shape index (κ2) is 4.35. The molecule has 0 aliphatic heterocycles. The summed E-state index contributed by atoms with van der Waals surface area (Å²) in [6.45, 7) is 3.16. The third kappa shape index (κ3) is 1.76. The number of rotatable bonds is 2.